The van der Waals surface area contributed by atoms with E-state index in [2.05, 4.69) is 5.32 Å². The van der Waals surface area contributed by atoms with Gasteiger partial charge in [-0.05, 0) is 44.5 Å². The highest BCUT2D eigenvalue weighted by Gasteiger charge is 2.10. The molecule has 5 nitrogen and oxygen atoms in total. The SMILES string of the molecule is CCOc1ccc(OCC)c(NC(=O)CCCOc2ccccc2)c1. The van der Waals surface area contributed by atoms with Crippen molar-refractivity contribution in [3.05, 3.63) is 48.5 Å². The van der Waals surface area contributed by atoms with Gasteiger partial charge in [0, 0.05) is 12.5 Å². The van der Waals surface area contributed by atoms with Crippen LogP contribution in [-0.2, 0) is 4.79 Å². The van der Waals surface area contributed by atoms with Gasteiger partial charge in [0.05, 0.1) is 25.5 Å². The van der Waals surface area contributed by atoms with Crippen molar-refractivity contribution in [3.8, 4) is 17.2 Å². The van der Waals surface area contributed by atoms with Crippen molar-refractivity contribution in [2.45, 2.75) is 26.7 Å². The van der Waals surface area contributed by atoms with E-state index in [1.807, 2.05) is 56.3 Å². The van der Waals surface area contributed by atoms with Crippen LogP contribution in [0.2, 0.25) is 0 Å². The molecule has 0 saturated heterocycles. The van der Waals surface area contributed by atoms with E-state index in [1.54, 1.807) is 6.07 Å². The number of ether oxygens (including phenoxy) is 3. The zero-order valence-electron chi connectivity index (χ0n) is 14.8. The molecule has 0 aliphatic heterocycles. The van der Waals surface area contributed by atoms with Crippen molar-refractivity contribution in [3.63, 3.8) is 0 Å². The molecule has 2 rings (SSSR count). The van der Waals surface area contributed by atoms with Crippen molar-refractivity contribution < 1.29 is 19.0 Å². The van der Waals surface area contributed by atoms with Gasteiger partial charge in [-0.3, -0.25) is 4.79 Å². The number of rotatable bonds is 10. The Kier molecular flexibility index (Phi) is 7.63. The first-order valence-corrected chi connectivity index (χ1v) is 8.60. The van der Waals surface area contributed by atoms with Gasteiger partial charge in [-0.2, -0.15) is 0 Å². The van der Waals surface area contributed by atoms with Crippen molar-refractivity contribution in [2.75, 3.05) is 25.1 Å². The maximum absolute atomic E-state index is 12.2. The monoisotopic (exact) mass is 343 g/mol. The quantitative estimate of drug-likeness (QED) is 0.654. The molecule has 5 heteroatoms. The number of carbonyl (C=O) groups is 1. The number of amides is 1. The normalized spacial score (nSPS) is 10.2. The molecule has 2 aromatic carbocycles. The Hall–Kier alpha value is -2.69. The molecule has 0 atom stereocenters. The summed E-state index contributed by atoms with van der Waals surface area (Å²) in [7, 11) is 0. The summed E-state index contributed by atoms with van der Waals surface area (Å²) in [5.41, 5.74) is 0.627. The summed E-state index contributed by atoms with van der Waals surface area (Å²) in [6.45, 7) is 5.42. The molecule has 0 bridgehead atoms. The Morgan fingerprint density at radius 2 is 1.68 bits per heavy atom. The Balaban J connectivity index is 1.85. The molecular formula is C20H25NO4. The summed E-state index contributed by atoms with van der Waals surface area (Å²) in [4.78, 5) is 12.2. The minimum absolute atomic E-state index is 0.0775. The van der Waals surface area contributed by atoms with Crippen LogP contribution in [0.4, 0.5) is 5.69 Å². The lowest BCUT2D eigenvalue weighted by atomic mass is 10.2. The van der Waals surface area contributed by atoms with Crippen molar-refractivity contribution in [1.29, 1.82) is 0 Å². The average molecular weight is 343 g/mol. The number of para-hydroxylation sites is 1. The maximum Gasteiger partial charge on any atom is 0.224 e. The van der Waals surface area contributed by atoms with Gasteiger partial charge in [-0.1, -0.05) is 18.2 Å². The van der Waals surface area contributed by atoms with E-state index in [9.17, 15) is 4.79 Å². The third kappa shape index (κ3) is 6.37. The van der Waals surface area contributed by atoms with Crippen LogP contribution in [0.3, 0.4) is 0 Å². The number of anilines is 1. The second kappa shape index (κ2) is 10.2. The number of nitrogens with one attached hydrogen (secondary N) is 1. The number of hydrogen-bond donors (Lipinski definition) is 1. The zero-order valence-corrected chi connectivity index (χ0v) is 14.8. The largest absolute Gasteiger partial charge is 0.494 e. The van der Waals surface area contributed by atoms with Gasteiger partial charge in [0.2, 0.25) is 5.91 Å². The molecule has 0 aliphatic rings. The molecule has 0 aliphatic carbocycles. The molecule has 2 aromatic rings. The third-order valence-electron chi connectivity index (χ3n) is 3.40. The topological polar surface area (TPSA) is 56.8 Å². The summed E-state index contributed by atoms with van der Waals surface area (Å²) in [6, 6.07) is 15.0. The molecule has 0 heterocycles. The van der Waals surface area contributed by atoms with Crippen LogP contribution in [0.5, 0.6) is 17.2 Å². The van der Waals surface area contributed by atoms with E-state index in [1.165, 1.54) is 0 Å². The lowest BCUT2D eigenvalue weighted by Crippen LogP contribution is -2.14. The van der Waals surface area contributed by atoms with Crippen LogP contribution in [-0.4, -0.2) is 25.7 Å². The van der Waals surface area contributed by atoms with E-state index in [0.29, 0.717) is 49.8 Å². The standard InChI is InChI=1S/C20H25NO4/c1-3-23-17-12-13-19(24-4-2)18(15-17)21-20(22)11-8-14-25-16-9-6-5-7-10-16/h5-7,9-10,12-13,15H,3-4,8,11,14H2,1-2H3,(H,21,22). The first-order chi connectivity index (χ1) is 12.2. The minimum atomic E-state index is -0.0775. The predicted octanol–water partition coefficient (Wildman–Crippen LogP) is 4.28. The van der Waals surface area contributed by atoms with Crippen LogP contribution in [0.1, 0.15) is 26.7 Å². The third-order valence-corrected chi connectivity index (χ3v) is 3.40. The van der Waals surface area contributed by atoms with E-state index in [4.69, 9.17) is 14.2 Å². The van der Waals surface area contributed by atoms with Gasteiger partial charge in [-0.25, -0.2) is 0 Å². The van der Waals surface area contributed by atoms with Crippen molar-refractivity contribution in [2.24, 2.45) is 0 Å². The summed E-state index contributed by atoms with van der Waals surface area (Å²) in [6.07, 6.45) is 1.01. The van der Waals surface area contributed by atoms with Crippen LogP contribution in [0.25, 0.3) is 0 Å². The van der Waals surface area contributed by atoms with Gasteiger partial charge in [0.1, 0.15) is 17.2 Å². The lowest BCUT2D eigenvalue weighted by molar-refractivity contribution is -0.116. The van der Waals surface area contributed by atoms with Gasteiger partial charge >= 0.3 is 0 Å². The molecule has 0 fully saturated rings. The second-order valence-electron chi connectivity index (χ2n) is 5.34. The van der Waals surface area contributed by atoms with Crippen LogP contribution in [0.15, 0.2) is 48.5 Å². The van der Waals surface area contributed by atoms with Gasteiger partial charge in [0.25, 0.3) is 0 Å². The number of carbonyl (C=O) groups excluding carboxylic acids is 1. The van der Waals surface area contributed by atoms with Gasteiger partial charge in [-0.15, -0.1) is 0 Å². The summed E-state index contributed by atoms with van der Waals surface area (Å²) in [5.74, 6) is 2.07. The fourth-order valence-corrected chi connectivity index (χ4v) is 2.30. The van der Waals surface area contributed by atoms with E-state index in [-0.39, 0.29) is 5.91 Å². The Morgan fingerprint density at radius 1 is 0.920 bits per heavy atom. The highest BCUT2D eigenvalue weighted by atomic mass is 16.5. The van der Waals surface area contributed by atoms with Gasteiger partial charge in [0.15, 0.2) is 0 Å². The van der Waals surface area contributed by atoms with Crippen LogP contribution in [0, 0.1) is 0 Å². The van der Waals surface area contributed by atoms with E-state index in [0.717, 1.165) is 5.75 Å². The highest BCUT2D eigenvalue weighted by Crippen LogP contribution is 2.29. The summed E-state index contributed by atoms with van der Waals surface area (Å²) < 4.78 is 16.6. The fraction of sp³-hybridized carbons (Fsp3) is 0.350. The predicted molar refractivity (Wildman–Crippen MR) is 98.6 cm³/mol. The smallest absolute Gasteiger partial charge is 0.224 e. The Morgan fingerprint density at radius 3 is 2.40 bits per heavy atom. The Labute approximate surface area is 148 Å². The number of hydrogen-bond acceptors (Lipinski definition) is 4. The van der Waals surface area contributed by atoms with Gasteiger partial charge < -0.3 is 19.5 Å². The molecule has 0 aromatic heterocycles. The van der Waals surface area contributed by atoms with Crippen molar-refractivity contribution in [1.82, 2.24) is 0 Å². The average Bonchev–Trinajstić information content (AvgIpc) is 2.62. The molecule has 1 N–H and O–H groups in total. The Bertz CT molecular complexity index is 658. The summed E-state index contributed by atoms with van der Waals surface area (Å²) in [5, 5.41) is 2.89. The summed E-state index contributed by atoms with van der Waals surface area (Å²) >= 11 is 0. The fourth-order valence-electron chi connectivity index (χ4n) is 2.30. The van der Waals surface area contributed by atoms with E-state index < -0.39 is 0 Å². The van der Waals surface area contributed by atoms with Crippen LogP contribution >= 0.6 is 0 Å². The maximum atomic E-state index is 12.2. The molecule has 0 saturated carbocycles. The van der Waals surface area contributed by atoms with Crippen LogP contribution < -0.4 is 19.5 Å². The van der Waals surface area contributed by atoms with E-state index >= 15 is 0 Å². The first kappa shape index (κ1) is 18.6. The first-order valence-electron chi connectivity index (χ1n) is 8.60. The van der Waals surface area contributed by atoms with Crippen molar-refractivity contribution >= 4 is 11.6 Å². The highest BCUT2D eigenvalue weighted by molar-refractivity contribution is 5.92. The lowest BCUT2D eigenvalue weighted by Gasteiger charge is -2.13. The number of benzene rings is 2. The minimum Gasteiger partial charge on any atom is -0.494 e. The second-order valence-corrected chi connectivity index (χ2v) is 5.34. The zero-order chi connectivity index (χ0) is 17.9. The molecule has 134 valence electrons. The molecule has 0 unspecified atom stereocenters. The molecular weight excluding hydrogens is 318 g/mol. The molecule has 1 amide bonds. The molecule has 0 radical (unpaired) electrons. The molecule has 0 spiro atoms. The molecule has 25 heavy (non-hydrogen) atoms.